The average molecular weight is 498 g/mol. The molecule has 1 aliphatic heterocycles. The summed E-state index contributed by atoms with van der Waals surface area (Å²) in [7, 11) is -3.63. The third-order valence-electron chi connectivity index (χ3n) is 5.58. The third-order valence-corrected chi connectivity index (χ3v) is 8.55. The van der Waals surface area contributed by atoms with E-state index in [1.54, 1.807) is 27.9 Å². The van der Waals surface area contributed by atoms with Gasteiger partial charge < -0.3 is 4.74 Å². The largest absolute Gasteiger partial charge is 0.379 e. The van der Waals surface area contributed by atoms with Crippen LogP contribution in [-0.2, 0) is 21.3 Å². The molecule has 0 spiro atoms. The molecule has 2 aromatic carbocycles. The van der Waals surface area contributed by atoms with Crippen molar-refractivity contribution in [2.75, 3.05) is 37.7 Å². The number of nitrogens with zero attached hydrogens (tertiary/aromatic N) is 5. The molecule has 0 N–H and O–H groups in total. The van der Waals surface area contributed by atoms with Crippen molar-refractivity contribution in [1.82, 2.24) is 19.1 Å². The Hall–Kier alpha value is -3.12. The number of aromatic nitrogens is 3. The summed E-state index contributed by atoms with van der Waals surface area (Å²) in [4.78, 5) is 20.0. The second-order valence-corrected chi connectivity index (χ2v) is 10.7. The summed E-state index contributed by atoms with van der Waals surface area (Å²) in [6, 6.07) is 15.7. The van der Waals surface area contributed by atoms with E-state index in [4.69, 9.17) is 4.74 Å². The number of hydrogen-bond donors (Lipinski definition) is 0. The van der Waals surface area contributed by atoms with Gasteiger partial charge in [-0.05, 0) is 42.5 Å². The molecule has 5 rings (SSSR count). The summed E-state index contributed by atoms with van der Waals surface area (Å²) in [5.41, 5.74) is 1.21. The minimum absolute atomic E-state index is 0.161. The summed E-state index contributed by atoms with van der Waals surface area (Å²) < 4.78 is 35.2. The molecule has 0 radical (unpaired) electrons. The van der Waals surface area contributed by atoms with Crippen molar-refractivity contribution in [2.45, 2.75) is 11.4 Å². The van der Waals surface area contributed by atoms with Crippen LogP contribution in [0.5, 0.6) is 0 Å². The van der Waals surface area contributed by atoms with Gasteiger partial charge in [-0.1, -0.05) is 23.5 Å². The molecule has 0 unspecified atom stereocenters. The molecule has 1 saturated heterocycles. The molecule has 0 atom stereocenters. The van der Waals surface area contributed by atoms with E-state index in [1.165, 1.54) is 27.8 Å². The van der Waals surface area contributed by atoms with Gasteiger partial charge >= 0.3 is 0 Å². The van der Waals surface area contributed by atoms with Crippen LogP contribution in [0.3, 0.4) is 0 Å². The quantitative estimate of drug-likeness (QED) is 0.390. The zero-order chi connectivity index (χ0) is 23.5. The maximum atomic E-state index is 13.5. The maximum Gasteiger partial charge on any atom is 0.260 e. The maximum absolute atomic E-state index is 13.5. The van der Waals surface area contributed by atoms with Crippen LogP contribution in [0.1, 0.15) is 10.4 Å². The molecule has 34 heavy (non-hydrogen) atoms. The zero-order valence-corrected chi connectivity index (χ0v) is 19.9. The van der Waals surface area contributed by atoms with E-state index in [9.17, 15) is 13.2 Å². The van der Waals surface area contributed by atoms with Crippen molar-refractivity contribution in [1.29, 1.82) is 0 Å². The Morgan fingerprint density at radius 1 is 1.06 bits per heavy atom. The number of morpholine rings is 1. The van der Waals surface area contributed by atoms with Gasteiger partial charge in [0, 0.05) is 37.6 Å². The van der Waals surface area contributed by atoms with Crippen LogP contribution in [0.4, 0.5) is 5.13 Å². The zero-order valence-electron chi connectivity index (χ0n) is 18.3. The number of hydrogen-bond acceptors (Lipinski definition) is 7. The lowest BCUT2D eigenvalue weighted by Crippen LogP contribution is -2.40. The van der Waals surface area contributed by atoms with Gasteiger partial charge in [-0.3, -0.25) is 14.4 Å². The Kier molecular flexibility index (Phi) is 6.42. The molecule has 176 valence electrons. The number of anilines is 1. The number of para-hydroxylation sites is 1. The van der Waals surface area contributed by atoms with Crippen molar-refractivity contribution in [3.63, 3.8) is 0 Å². The molecule has 3 heterocycles. The summed E-state index contributed by atoms with van der Waals surface area (Å²) in [5, 5.41) is 4.81. The number of thiazole rings is 1. The summed E-state index contributed by atoms with van der Waals surface area (Å²) in [6.45, 7) is 2.27. The smallest absolute Gasteiger partial charge is 0.260 e. The van der Waals surface area contributed by atoms with Gasteiger partial charge in [-0.15, -0.1) is 0 Å². The molecule has 1 fully saturated rings. The summed E-state index contributed by atoms with van der Waals surface area (Å²) >= 11 is 1.44. The van der Waals surface area contributed by atoms with Gasteiger partial charge in [0.25, 0.3) is 5.91 Å². The topological polar surface area (TPSA) is 97.6 Å². The number of sulfonamides is 1. The monoisotopic (exact) mass is 497 g/mol. The van der Waals surface area contributed by atoms with E-state index in [-0.39, 0.29) is 10.8 Å². The number of ether oxygens (including phenoxy) is 1. The SMILES string of the molecule is O=C(c1ccc(S(=O)(=O)N2CCOCC2)cc1)N(CCn1cccn1)c1nc2ccccc2s1. The molecule has 0 aliphatic carbocycles. The predicted octanol–water partition coefficient (Wildman–Crippen LogP) is 2.86. The van der Waals surface area contributed by atoms with Crippen molar-refractivity contribution in [3.05, 3.63) is 72.6 Å². The predicted molar refractivity (Wildman–Crippen MR) is 130 cm³/mol. The van der Waals surface area contributed by atoms with Crippen molar-refractivity contribution >= 4 is 42.6 Å². The van der Waals surface area contributed by atoms with Gasteiger partial charge in [0.1, 0.15) is 0 Å². The van der Waals surface area contributed by atoms with E-state index in [0.717, 1.165) is 10.2 Å². The molecule has 1 aliphatic rings. The lowest BCUT2D eigenvalue weighted by molar-refractivity contribution is 0.0730. The van der Waals surface area contributed by atoms with Crippen molar-refractivity contribution < 1.29 is 17.9 Å². The van der Waals surface area contributed by atoms with E-state index in [1.807, 2.05) is 36.5 Å². The normalized spacial score (nSPS) is 14.9. The Balaban J connectivity index is 1.42. The van der Waals surface area contributed by atoms with Gasteiger partial charge in [0.05, 0.1) is 34.9 Å². The van der Waals surface area contributed by atoms with Gasteiger partial charge in [-0.25, -0.2) is 13.4 Å². The highest BCUT2D eigenvalue weighted by atomic mass is 32.2. The van der Waals surface area contributed by atoms with E-state index in [0.29, 0.717) is 50.1 Å². The lowest BCUT2D eigenvalue weighted by atomic mass is 10.2. The first-order valence-electron chi connectivity index (χ1n) is 10.9. The van der Waals surface area contributed by atoms with E-state index in [2.05, 4.69) is 10.1 Å². The highest BCUT2D eigenvalue weighted by molar-refractivity contribution is 7.89. The first-order chi connectivity index (χ1) is 16.5. The molecule has 2 aromatic heterocycles. The van der Waals surface area contributed by atoms with Gasteiger partial charge in [0.15, 0.2) is 5.13 Å². The first kappa shape index (κ1) is 22.7. The van der Waals surface area contributed by atoms with Crippen LogP contribution in [0.15, 0.2) is 71.9 Å². The van der Waals surface area contributed by atoms with Crippen molar-refractivity contribution in [3.8, 4) is 0 Å². The summed E-state index contributed by atoms with van der Waals surface area (Å²) in [6.07, 6.45) is 3.53. The molecule has 0 bridgehead atoms. The van der Waals surface area contributed by atoms with Crippen LogP contribution in [-0.4, -0.2) is 66.2 Å². The minimum atomic E-state index is -3.63. The van der Waals surface area contributed by atoms with Gasteiger partial charge in [-0.2, -0.15) is 9.40 Å². The Bertz CT molecular complexity index is 1350. The first-order valence-corrected chi connectivity index (χ1v) is 13.1. The number of carbonyl (C=O) groups is 1. The molecule has 11 heteroatoms. The lowest BCUT2D eigenvalue weighted by Gasteiger charge is -2.26. The third kappa shape index (κ3) is 4.60. The Morgan fingerprint density at radius 3 is 2.53 bits per heavy atom. The fraction of sp³-hybridized carbons (Fsp3) is 0.261. The second-order valence-electron chi connectivity index (χ2n) is 7.73. The molecule has 4 aromatic rings. The van der Waals surface area contributed by atoms with Crippen LogP contribution in [0, 0.1) is 0 Å². The van der Waals surface area contributed by atoms with E-state index < -0.39 is 10.0 Å². The minimum Gasteiger partial charge on any atom is -0.379 e. The number of amides is 1. The standard InChI is InChI=1S/C23H23N5O4S2/c29-22(18-6-8-19(9-7-18)34(30,31)27-14-16-32-17-15-27)28(13-12-26-11-3-10-24-26)23-25-20-4-1-2-5-21(20)33-23/h1-11H,12-17H2. The Labute approximate surface area is 201 Å². The highest BCUT2D eigenvalue weighted by Crippen LogP contribution is 2.30. The number of benzene rings is 2. The fourth-order valence-corrected chi connectivity index (χ4v) is 6.15. The number of rotatable bonds is 7. The molecular formula is C23H23N5O4S2. The fourth-order valence-electron chi connectivity index (χ4n) is 3.76. The molecule has 0 saturated carbocycles. The van der Waals surface area contributed by atoms with Crippen LogP contribution < -0.4 is 4.90 Å². The molecule has 9 nitrogen and oxygen atoms in total. The Morgan fingerprint density at radius 2 is 1.82 bits per heavy atom. The number of fused-ring (bicyclic) bond motifs is 1. The van der Waals surface area contributed by atoms with Crippen LogP contribution >= 0.6 is 11.3 Å². The average Bonchev–Trinajstić information content (AvgIpc) is 3.55. The molecular weight excluding hydrogens is 474 g/mol. The van der Waals surface area contributed by atoms with Crippen molar-refractivity contribution in [2.24, 2.45) is 0 Å². The van der Waals surface area contributed by atoms with Crippen LogP contribution in [0.2, 0.25) is 0 Å². The van der Waals surface area contributed by atoms with Crippen LogP contribution in [0.25, 0.3) is 10.2 Å². The molecule has 1 amide bonds. The van der Waals surface area contributed by atoms with E-state index >= 15 is 0 Å². The second kappa shape index (κ2) is 9.63. The summed E-state index contributed by atoms with van der Waals surface area (Å²) in [5.74, 6) is -0.249. The highest BCUT2D eigenvalue weighted by Gasteiger charge is 2.27. The van der Waals surface area contributed by atoms with Gasteiger partial charge in [0.2, 0.25) is 10.0 Å². The number of carbonyl (C=O) groups excluding carboxylic acids is 1.